The van der Waals surface area contributed by atoms with Crippen molar-refractivity contribution in [2.45, 2.75) is 50.0 Å². The monoisotopic (exact) mass is 343 g/mol. The van der Waals surface area contributed by atoms with Gasteiger partial charge in [-0.25, -0.2) is 4.79 Å². The molecule has 3 fully saturated rings. The molecule has 0 unspecified atom stereocenters. The Hall–Kier alpha value is -2.04. The van der Waals surface area contributed by atoms with Gasteiger partial charge >= 0.3 is 6.16 Å². The van der Waals surface area contributed by atoms with Crippen molar-refractivity contribution in [3.05, 3.63) is 35.9 Å². The first-order valence-electron chi connectivity index (χ1n) is 9.36. The Bertz CT molecular complexity index is 630. The maximum absolute atomic E-state index is 13.3. The third-order valence-corrected chi connectivity index (χ3v) is 6.04. The van der Waals surface area contributed by atoms with Crippen molar-refractivity contribution < 1.29 is 19.1 Å². The standard InChI is InChI=1S/C20H25NO4/c22-18(21-12-10-20(11-13-21)14-24-19(23)25-20)17(16-8-4-5-9-16)15-6-2-1-3-7-15/h1-3,6-7,16-17H,4-5,8-14H2/t17-/m0/s1. The zero-order valence-electron chi connectivity index (χ0n) is 14.5. The number of hydrogen-bond donors (Lipinski definition) is 0. The van der Waals surface area contributed by atoms with Crippen LogP contribution < -0.4 is 0 Å². The average molecular weight is 343 g/mol. The molecule has 2 saturated heterocycles. The smallest absolute Gasteiger partial charge is 0.430 e. The van der Waals surface area contributed by atoms with Gasteiger partial charge in [0.1, 0.15) is 6.61 Å². The maximum atomic E-state index is 13.3. The normalized spacial score (nSPS) is 24.2. The van der Waals surface area contributed by atoms with Crippen molar-refractivity contribution in [1.29, 1.82) is 0 Å². The summed E-state index contributed by atoms with van der Waals surface area (Å²) in [6.45, 7) is 1.58. The van der Waals surface area contributed by atoms with E-state index in [1.165, 1.54) is 12.8 Å². The lowest BCUT2D eigenvalue weighted by molar-refractivity contribution is -0.137. The molecule has 25 heavy (non-hydrogen) atoms. The highest BCUT2D eigenvalue weighted by Crippen LogP contribution is 2.40. The van der Waals surface area contributed by atoms with E-state index in [-0.39, 0.29) is 11.8 Å². The van der Waals surface area contributed by atoms with Crippen molar-refractivity contribution in [3.63, 3.8) is 0 Å². The van der Waals surface area contributed by atoms with Crippen molar-refractivity contribution in [2.24, 2.45) is 5.92 Å². The third kappa shape index (κ3) is 3.24. The zero-order valence-corrected chi connectivity index (χ0v) is 14.5. The van der Waals surface area contributed by atoms with Gasteiger partial charge in [-0.05, 0) is 24.3 Å². The molecule has 134 valence electrons. The van der Waals surface area contributed by atoms with Gasteiger partial charge in [-0.2, -0.15) is 0 Å². The molecule has 1 atom stereocenters. The number of piperidine rings is 1. The Labute approximate surface area is 148 Å². The van der Waals surface area contributed by atoms with Crippen LogP contribution in [0.25, 0.3) is 0 Å². The number of cyclic esters (lactones) is 1. The molecule has 1 aliphatic carbocycles. The quantitative estimate of drug-likeness (QED) is 0.789. The van der Waals surface area contributed by atoms with Crippen LogP contribution in [0.4, 0.5) is 4.79 Å². The molecule has 1 aromatic carbocycles. The maximum Gasteiger partial charge on any atom is 0.509 e. The summed E-state index contributed by atoms with van der Waals surface area (Å²) in [5, 5.41) is 0. The fourth-order valence-corrected chi connectivity index (χ4v) is 4.57. The van der Waals surface area contributed by atoms with E-state index >= 15 is 0 Å². The number of carbonyl (C=O) groups is 2. The van der Waals surface area contributed by atoms with E-state index in [2.05, 4.69) is 12.1 Å². The van der Waals surface area contributed by atoms with Gasteiger partial charge in [0.25, 0.3) is 0 Å². The van der Waals surface area contributed by atoms with Crippen molar-refractivity contribution in [3.8, 4) is 0 Å². The lowest BCUT2D eigenvalue weighted by Gasteiger charge is -2.38. The van der Waals surface area contributed by atoms with E-state index in [0.29, 0.717) is 38.5 Å². The van der Waals surface area contributed by atoms with E-state index < -0.39 is 11.8 Å². The molecular formula is C20H25NO4. The third-order valence-electron chi connectivity index (χ3n) is 6.04. The summed E-state index contributed by atoms with van der Waals surface area (Å²) < 4.78 is 10.3. The van der Waals surface area contributed by atoms with Crippen molar-refractivity contribution in [1.82, 2.24) is 4.90 Å². The van der Waals surface area contributed by atoms with E-state index in [9.17, 15) is 9.59 Å². The van der Waals surface area contributed by atoms with E-state index in [1.54, 1.807) is 0 Å². The van der Waals surface area contributed by atoms with Gasteiger partial charge < -0.3 is 14.4 Å². The second-order valence-electron chi connectivity index (χ2n) is 7.58. The van der Waals surface area contributed by atoms with Crippen LogP contribution >= 0.6 is 0 Å². The minimum Gasteiger partial charge on any atom is -0.430 e. The van der Waals surface area contributed by atoms with Gasteiger partial charge in [0.2, 0.25) is 5.91 Å². The van der Waals surface area contributed by atoms with Gasteiger partial charge in [-0.15, -0.1) is 0 Å². The van der Waals surface area contributed by atoms with E-state index in [4.69, 9.17) is 9.47 Å². The van der Waals surface area contributed by atoms with E-state index in [1.807, 2.05) is 23.1 Å². The molecule has 4 rings (SSSR count). The summed E-state index contributed by atoms with van der Waals surface area (Å²) in [6.07, 6.45) is 5.46. The number of rotatable bonds is 3. The summed E-state index contributed by atoms with van der Waals surface area (Å²) in [7, 11) is 0. The molecule has 2 aliphatic heterocycles. The molecule has 0 aromatic heterocycles. The second kappa shape index (κ2) is 6.70. The first kappa shape index (κ1) is 16.4. The fraction of sp³-hybridized carbons (Fsp3) is 0.600. The number of hydrogen-bond acceptors (Lipinski definition) is 4. The van der Waals surface area contributed by atoms with Crippen LogP contribution in [0.15, 0.2) is 30.3 Å². The van der Waals surface area contributed by atoms with Gasteiger partial charge in [-0.3, -0.25) is 4.79 Å². The first-order valence-corrected chi connectivity index (χ1v) is 9.36. The number of nitrogens with zero attached hydrogens (tertiary/aromatic N) is 1. The Morgan fingerprint density at radius 2 is 1.80 bits per heavy atom. The summed E-state index contributed by atoms with van der Waals surface area (Å²) in [6, 6.07) is 10.2. The van der Waals surface area contributed by atoms with Gasteiger partial charge in [-0.1, -0.05) is 43.2 Å². The Morgan fingerprint density at radius 1 is 1.12 bits per heavy atom. The second-order valence-corrected chi connectivity index (χ2v) is 7.58. The van der Waals surface area contributed by atoms with Gasteiger partial charge in [0.05, 0.1) is 5.92 Å². The van der Waals surface area contributed by atoms with Crippen LogP contribution in [0.3, 0.4) is 0 Å². The Balaban J connectivity index is 1.48. The van der Waals surface area contributed by atoms with Crippen molar-refractivity contribution in [2.75, 3.05) is 19.7 Å². The number of benzene rings is 1. The summed E-state index contributed by atoms with van der Waals surface area (Å²) >= 11 is 0. The molecule has 5 nitrogen and oxygen atoms in total. The van der Waals surface area contributed by atoms with Crippen LogP contribution in [-0.4, -0.2) is 42.3 Å². The fourth-order valence-electron chi connectivity index (χ4n) is 4.57. The minimum absolute atomic E-state index is 0.0415. The van der Waals surface area contributed by atoms with Crippen LogP contribution in [0.5, 0.6) is 0 Å². The van der Waals surface area contributed by atoms with Crippen LogP contribution in [-0.2, 0) is 14.3 Å². The first-order chi connectivity index (χ1) is 12.2. The molecule has 0 bridgehead atoms. The van der Waals surface area contributed by atoms with Gasteiger partial charge in [0.15, 0.2) is 5.60 Å². The SMILES string of the molecule is O=C1OCC2(CCN(C(=O)[C@@H](c3ccccc3)C3CCCC3)CC2)O1. The Kier molecular flexibility index (Phi) is 4.40. The lowest BCUT2D eigenvalue weighted by atomic mass is 9.82. The molecule has 1 saturated carbocycles. The number of amides is 1. The molecule has 3 aliphatic rings. The van der Waals surface area contributed by atoms with Crippen LogP contribution in [0.2, 0.25) is 0 Å². The predicted octanol–water partition coefficient (Wildman–Crippen LogP) is 3.49. The highest BCUT2D eigenvalue weighted by Gasteiger charge is 2.46. The summed E-state index contributed by atoms with van der Waals surface area (Å²) in [5.74, 6) is 0.636. The number of carbonyl (C=O) groups excluding carboxylic acids is 2. The predicted molar refractivity (Wildman–Crippen MR) is 92.1 cm³/mol. The van der Waals surface area contributed by atoms with Crippen LogP contribution in [0, 0.1) is 5.92 Å². The van der Waals surface area contributed by atoms with Crippen LogP contribution in [0.1, 0.15) is 50.0 Å². The zero-order chi connectivity index (χ0) is 17.3. The summed E-state index contributed by atoms with van der Waals surface area (Å²) in [4.78, 5) is 26.6. The largest absolute Gasteiger partial charge is 0.509 e. The number of ether oxygens (including phenoxy) is 2. The minimum atomic E-state index is -0.576. The molecule has 1 aromatic rings. The summed E-state index contributed by atoms with van der Waals surface area (Å²) in [5.41, 5.74) is 0.624. The topological polar surface area (TPSA) is 55.8 Å². The Morgan fingerprint density at radius 3 is 2.40 bits per heavy atom. The average Bonchev–Trinajstić information content (AvgIpc) is 3.27. The molecule has 1 spiro atoms. The molecule has 1 amide bonds. The highest BCUT2D eigenvalue weighted by molar-refractivity contribution is 5.84. The molecule has 2 heterocycles. The van der Waals surface area contributed by atoms with Gasteiger partial charge in [0, 0.05) is 25.9 Å². The highest BCUT2D eigenvalue weighted by atomic mass is 16.8. The molecule has 5 heteroatoms. The lowest BCUT2D eigenvalue weighted by Crippen LogP contribution is -2.49. The van der Waals surface area contributed by atoms with E-state index in [0.717, 1.165) is 18.4 Å². The molecule has 0 N–H and O–H groups in total. The molecule has 0 radical (unpaired) electrons. The number of likely N-dealkylation sites (tertiary alicyclic amines) is 1. The van der Waals surface area contributed by atoms with Crippen molar-refractivity contribution >= 4 is 12.1 Å². The molecular weight excluding hydrogens is 318 g/mol.